The van der Waals surface area contributed by atoms with Gasteiger partial charge in [-0.3, -0.25) is 14.9 Å². The molecule has 1 fully saturated rings. The second-order valence-corrected chi connectivity index (χ2v) is 4.55. The van der Waals surface area contributed by atoms with E-state index in [4.69, 9.17) is 5.73 Å². The van der Waals surface area contributed by atoms with E-state index in [9.17, 15) is 9.59 Å². The number of nitrogens with one attached hydrogen (secondary N) is 1. The normalized spacial score (nSPS) is 24.9. The molecule has 0 bridgehead atoms. The van der Waals surface area contributed by atoms with Gasteiger partial charge in [0.25, 0.3) is 5.91 Å². The molecule has 0 aromatic carbocycles. The first-order valence-electron chi connectivity index (χ1n) is 6.24. The van der Waals surface area contributed by atoms with Gasteiger partial charge < -0.3 is 15.5 Å². The van der Waals surface area contributed by atoms with Crippen LogP contribution in [0.2, 0.25) is 0 Å². The highest BCUT2D eigenvalue weighted by Gasteiger charge is 2.31. The molecule has 2 heterocycles. The van der Waals surface area contributed by atoms with Crippen LogP contribution in [0.4, 0.5) is 0 Å². The van der Waals surface area contributed by atoms with Crippen molar-refractivity contribution in [2.24, 2.45) is 10.7 Å². The molecular weight excluding hydrogens is 234 g/mol. The lowest BCUT2D eigenvalue weighted by Gasteiger charge is -2.34. The van der Waals surface area contributed by atoms with Crippen molar-refractivity contribution in [2.45, 2.75) is 19.4 Å². The van der Waals surface area contributed by atoms with Gasteiger partial charge in [0.15, 0.2) is 0 Å². The summed E-state index contributed by atoms with van der Waals surface area (Å²) < 4.78 is 0. The molecule has 18 heavy (non-hydrogen) atoms. The van der Waals surface area contributed by atoms with Crippen LogP contribution in [0.15, 0.2) is 4.99 Å². The molecule has 2 aliphatic rings. The zero-order chi connectivity index (χ0) is 13.1. The Hall–Kier alpha value is -1.63. The van der Waals surface area contributed by atoms with Crippen LogP contribution < -0.4 is 11.1 Å². The number of likely N-dealkylation sites (N-methyl/N-ethyl adjacent to an activating group) is 1. The highest BCUT2D eigenvalue weighted by atomic mass is 16.2. The van der Waals surface area contributed by atoms with E-state index in [0.29, 0.717) is 5.96 Å². The second kappa shape index (κ2) is 5.34. The summed E-state index contributed by atoms with van der Waals surface area (Å²) >= 11 is 0. The Kier molecular flexibility index (Phi) is 3.81. The molecule has 0 aromatic rings. The maximum atomic E-state index is 11.6. The van der Waals surface area contributed by atoms with Crippen molar-refractivity contribution in [3.05, 3.63) is 0 Å². The van der Waals surface area contributed by atoms with E-state index in [1.807, 2.05) is 4.90 Å². The van der Waals surface area contributed by atoms with Crippen molar-refractivity contribution >= 4 is 17.8 Å². The minimum Gasteiger partial charge on any atom is -0.370 e. The van der Waals surface area contributed by atoms with E-state index in [0.717, 1.165) is 32.7 Å². The van der Waals surface area contributed by atoms with E-state index in [2.05, 4.69) is 22.1 Å². The van der Waals surface area contributed by atoms with E-state index in [1.165, 1.54) is 0 Å². The molecule has 2 amide bonds. The topological polar surface area (TPSA) is 91.0 Å². The van der Waals surface area contributed by atoms with Crippen molar-refractivity contribution < 1.29 is 9.59 Å². The summed E-state index contributed by atoms with van der Waals surface area (Å²) in [5.74, 6) is -0.153. The number of guanidine groups is 1. The molecule has 0 spiro atoms. The molecule has 7 nitrogen and oxygen atoms in total. The lowest BCUT2D eigenvalue weighted by Crippen LogP contribution is -2.51. The summed E-state index contributed by atoms with van der Waals surface area (Å²) in [5, 5.41) is 2.72. The third-order valence-corrected chi connectivity index (χ3v) is 3.33. The Balaban J connectivity index is 1.94. The minimum absolute atomic E-state index is 0.0236. The quantitative estimate of drug-likeness (QED) is 0.630. The van der Waals surface area contributed by atoms with Gasteiger partial charge in [0.1, 0.15) is 6.04 Å². The molecule has 1 atom stereocenters. The number of carbonyl (C=O) groups is 2. The van der Waals surface area contributed by atoms with Crippen molar-refractivity contribution in [1.29, 1.82) is 0 Å². The van der Waals surface area contributed by atoms with Crippen LogP contribution in [-0.4, -0.2) is 66.3 Å². The first kappa shape index (κ1) is 12.8. The Bertz CT molecular complexity index is 374. The summed E-state index contributed by atoms with van der Waals surface area (Å²) in [4.78, 5) is 31.1. The van der Waals surface area contributed by atoms with Gasteiger partial charge >= 0.3 is 0 Å². The van der Waals surface area contributed by atoms with Crippen LogP contribution in [0.1, 0.15) is 13.3 Å². The van der Waals surface area contributed by atoms with Crippen LogP contribution in [-0.2, 0) is 9.59 Å². The number of carbonyl (C=O) groups excluding carboxylic acids is 2. The zero-order valence-electron chi connectivity index (χ0n) is 10.6. The van der Waals surface area contributed by atoms with Gasteiger partial charge in [0, 0.05) is 26.2 Å². The number of hydrogen-bond acceptors (Lipinski definition) is 5. The summed E-state index contributed by atoms with van der Waals surface area (Å²) in [7, 11) is 0. The maximum absolute atomic E-state index is 11.6. The first-order valence-corrected chi connectivity index (χ1v) is 6.24. The summed E-state index contributed by atoms with van der Waals surface area (Å²) in [6.45, 7) is 6.79. The van der Waals surface area contributed by atoms with Gasteiger partial charge in [0.05, 0.1) is 6.42 Å². The molecule has 1 saturated heterocycles. The summed E-state index contributed by atoms with van der Waals surface area (Å²) in [6.07, 6.45) is -0.0236. The predicted molar refractivity (Wildman–Crippen MR) is 66.9 cm³/mol. The molecule has 2 aliphatic heterocycles. The standard InChI is InChI=1S/C11H19N5O2/c1-2-15-3-5-16(6-4-15)11-13-8(7-9(12)17)10(18)14-11/h8H,2-7H2,1H3,(H2,12,17)(H,13,14,18). The van der Waals surface area contributed by atoms with E-state index >= 15 is 0 Å². The molecule has 2 rings (SSSR count). The molecule has 0 aromatic heterocycles. The number of piperazine rings is 1. The maximum Gasteiger partial charge on any atom is 0.252 e. The third-order valence-electron chi connectivity index (χ3n) is 3.33. The number of hydrogen-bond donors (Lipinski definition) is 2. The Labute approximate surface area is 106 Å². The number of nitrogens with zero attached hydrogens (tertiary/aromatic N) is 3. The summed E-state index contributed by atoms with van der Waals surface area (Å²) in [6, 6.07) is -0.651. The fraction of sp³-hybridized carbons (Fsp3) is 0.727. The Morgan fingerprint density at radius 2 is 2.11 bits per heavy atom. The van der Waals surface area contributed by atoms with Crippen LogP contribution in [0.3, 0.4) is 0 Å². The van der Waals surface area contributed by atoms with Crippen molar-refractivity contribution in [1.82, 2.24) is 15.1 Å². The monoisotopic (exact) mass is 253 g/mol. The first-order chi connectivity index (χ1) is 8.60. The molecule has 0 saturated carbocycles. The summed E-state index contributed by atoms with van der Waals surface area (Å²) in [5.41, 5.74) is 5.09. The van der Waals surface area contributed by atoms with Gasteiger partial charge in [-0.25, -0.2) is 4.99 Å². The number of amides is 2. The van der Waals surface area contributed by atoms with Gasteiger partial charge in [-0.05, 0) is 6.54 Å². The Morgan fingerprint density at radius 1 is 1.44 bits per heavy atom. The number of aliphatic imine (C=N–C) groups is 1. The van der Waals surface area contributed by atoms with Gasteiger partial charge in [0.2, 0.25) is 11.9 Å². The van der Waals surface area contributed by atoms with Crippen molar-refractivity contribution in [3.63, 3.8) is 0 Å². The highest BCUT2D eigenvalue weighted by molar-refractivity contribution is 6.06. The Morgan fingerprint density at radius 3 is 2.67 bits per heavy atom. The smallest absolute Gasteiger partial charge is 0.252 e. The van der Waals surface area contributed by atoms with Gasteiger partial charge in [-0.15, -0.1) is 0 Å². The van der Waals surface area contributed by atoms with Crippen molar-refractivity contribution in [2.75, 3.05) is 32.7 Å². The van der Waals surface area contributed by atoms with E-state index in [1.54, 1.807) is 0 Å². The lowest BCUT2D eigenvalue weighted by atomic mass is 10.2. The SMILES string of the molecule is CCN1CCN(C2=NC(CC(N)=O)C(=O)N2)CC1. The van der Waals surface area contributed by atoms with Crippen LogP contribution >= 0.6 is 0 Å². The average Bonchev–Trinajstić information content (AvgIpc) is 2.70. The molecular formula is C11H19N5O2. The average molecular weight is 253 g/mol. The fourth-order valence-electron chi connectivity index (χ4n) is 2.20. The molecule has 0 aliphatic carbocycles. The van der Waals surface area contributed by atoms with Crippen LogP contribution in [0.25, 0.3) is 0 Å². The molecule has 100 valence electrons. The van der Waals surface area contributed by atoms with E-state index < -0.39 is 11.9 Å². The van der Waals surface area contributed by atoms with Crippen LogP contribution in [0.5, 0.6) is 0 Å². The van der Waals surface area contributed by atoms with Crippen molar-refractivity contribution in [3.8, 4) is 0 Å². The molecule has 7 heteroatoms. The van der Waals surface area contributed by atoms with Crippen LogP contribution in [0, 0.1) is 0 Å². The predicted octanol–water partition coefficient (Wildman–Crippen LogP) is -1.65. The number of rotatable bonds is 3. The second-order valence-electron chi connectivity index (χ2n) is 4.55. The highest BCUT2D eigenvalue weighted by Crippen LogP contribution is 2.09. The number of primary amides is 1. The van der Waals surface area contributed by atoms with E-state index in [-0.39, 0.29) is 12.3 Å². The zero-order valence-corrected chi connectivity index (χ0v) is 10.6. The fourth-order valence-corrected chi connectivity index (χ4v) is 2.20. The molecule has 1 unspecified atom stereocenters. The number of nitrogens with two attached hydrogens (primary N) is 1. The lowest BCUT2D eigenvalue weighted by molar-refractivity contribution is -0.124. The largest absolute Gasteiger partial charge is 0.370 e. The molecule has 0 radical (unpaired) electrons. The third kappa shape index (κ3) is 2.79. The van der Waals surface area contributed by atoms with Gasteiger partial charge in [-0.2, -0.15) is 0 Å². The molecule has 3 N–H and O–H groups in total. The minimum atomic E-state index is -0.651. The van der Waals surface area contributed by atoms with Gasteiger partial charge in [-0.1, -0.05) is 6.92 Å².